The van der Waals surface area contributed by atoms with Crippen LogP contribution in [-0.2, 0) is 0 Å². The fourth-order valence-corrected chi connectivity index (χ4v) is 1.78. The number of nitrogens with one attached hydrogen (secondary N) is 1. The summed E-state index contributed by atoms with van der Waals surface area (Å²) in [7, 11) is 0. The second-order valence-corrected chi connectivity index (χ2v) is 4.43. The number of anilines is 1. The van der Waals surface area contributed by atoms with Crippen LogP contribution in [0.15, 0.2) is 47.6 Å². The van der Waals surface area contributed by atoms with Crippen molar-refractivity contribution in [2.24, 2.45) is 5.10 Å². The number of hydrogen-bond acceptors (Lipinski definition) is 3. The number of phenols is 1. The fraction of sp³-hybridized carbons (Fsp3) is 0. The largest absolute Gasteiger partial charge is 0.508 e. The third-order valence-corrected chi connectivity index (χ3v) is 2.79. The predicted octanol–water partition coefficient (Wildman–Crippen LogP) is 4.15. The summed E-state index contributed by atoms with van der Waals surface area (Å²) in [6.45, 7) is 0. The van der Waals surface area contributed by atoms with Gasteiger partial charge in [0.1, 0.15) is 5.75 Å². The Balaban J connectivity index is 2.05. The molecule has 2 rings (SSSR count). The van der Waals surface area contributed by atoms with Crippen LogP contribution < -0.4 is 5.43 Å². The average molecular weight is 281 g/mol. The van der Waals surface area contributed by atoms with Gasteiger partial charge in [-0.3, -0.25) is 5.43 Å². The first-order valence-corrected chi connectivity index (χ1v) is 5.94. The molecule has 3 nitrogen and oxygen atoms in total. The summed E-state index contributed by atoms with van der Waals surface area (Å²) in [5.41, 5.74) is 4.37. The van der Waals surface area contributed by atoms with Gasteiger partial charge in [-0.2, -0.15) is 5.10 Å². The van der Waals surface area contributed by atoms with E-state index in [1.165, 1.54) is 0 Å². The van der Waals surface area contributed by atoms with Crippen LogP contribution in [0.5, 0.6) is 5.75 Å². The second kappa shape index (κ2) is 5.76. The van der Waals surface area contributed by atoms with Crippen molar-refractivity contribution in [3.05, 3.63) is 58.1 Å². The van der Waals surface area contributed by atoms with Crippen LogP contribution >= 0.6 is 23.2 Å². The van der Waals surface area contributed by atoms with E-state index in [-0.39, 0.29) is 5.75 Å². The molecular formula is C13H10Cl2N2O. The molecule has 18 heavy (non-hydrogen) atoms. The Morgan fingerprint density at radius 3 is 2.44 bits per heavy atom. The molecule has 0 spiro atoms. The van der Waals surface area contributed by atoms with Crippen LogP contribution in [0.25, 0.3) is 0 Å². The Bertz CT molecular complexity index is 568. The van der Waals surface area contributed by atoms with Gasteiger partial charge in [-0.05, 0) is 36.4 Å². The first kappa shape index (κ1) is 12.7. The van der Waals surface area contributed by atoms with Crippen molar-refractivity contribution in [2.45, 2.75) is 0 Å². The van der Waals surface area contributed by atoms with E-state index >= 15 is 0 Å². The Morgan fingerprint density at radius 1 is 1.06 bits per heavy atom. The Kier molecular flexibility index (Phi) is 4.07. The summed E-state index contributed by atoms with van der Waals surface area (Å²) in [5, 5.41) is 14.3. The lowest BCUT2D eigenvalue weighted by Crippen LogP contribution is -1.90. The lowest BCUT2D eigenvalue weighted by Gasteiger charge is -2.01. The zero-order valence-electron chi connectivity index (χ0n) is 9.27. The number of benzene rings is 2. The van der Waals surface area contributed by atoms with E-state index in [2.05, 4.69) is 10.5 Å². The molecule has 0 radical (unpaired) electrons. The first-order chi connectivity index (χ1) is 8.65. The maximum Gasteiger partial charge on any atom is 0.115 e. The van der Waals surface area contributed by atoms with Gasteiger partial charge in [0.05, 0.1) is 16.9 Å². The second-order valence-electron chi connectivity index (χ2n) is 3.58. The van der Waals surface area contributed by atoms with Crippen molar-refractivity contribution in [3.8, 4) is 5.75 Å². The standard InChI is InChI=1S/C13H10Cl2N2O/c14-10-2-1-9(13(15)7-10)8-16-17-11-3-5-12(18)6-4-11/h1-8,17-18H. The zero-order chi connectivity index (χ0) is 13.0. The van der Waals surface area contributed by atoms with E-state index in [0.29, 0.717) is 10.0 Å². The van der Waals surface area contributed by atoms with Crippen molar-refractivity contribution in [3.63, 3.8) is 0 Å². The van der Waals surface area contributed by atoms with Crippen LogP contribution in [-0.4, -0.2) is 11.3 Å². The van der Waals surface area contributed by atoms with Crippen LogP contribution in [0.4, 0.5) is 5.69 Å². The summed E-state index contributed by atoms with van der Waals surface area (Å²) in [6.07, 6.45) is 1.60. The zero-order valence-corrected chi connectivity index (χ0v) is 10.8. The number of nitrogens with zero attached hydrogens (tertiary/aromatic N) is 1. The first-order valence-electron chi connectivity index (χ1n) is 5.18. The quantitative estimate of drug-likeness (QED) is 0.504. The maximum absolute atomic E-state index is 9.13. The molecule has 2 aromatic carbocycles. The molecule has 0 aliphatic heterocycles. The van der Waals surface area contributed by atoms with Crippen molar-refractivity contribution < 1.29 is 5.11 Å². The summed E-state index contributed by atoms with van der Waals surface area (Å²) in [6, 6.07) is 11.8. The van der Waals surface area contributed by atoms with Gasteiger partial charge in [0.15, 0.2) is 0 Å². The molecule has 5 heteroatoms. The minimum absolute atomic E-state index is 0.213. The third kappa shape index (κ3) is 3.39. The molecule has 0 heterocycles. The minimum atomic E-state index is 0.213. The molecule has 2 aromatic rings. The molecule has 0 saturated carbocycles. The van der Waals surface area contributed by atoms with Crippen molar-refractivity contribution >= 4 is 35.1 Å². The molecule has 0 aliphatic rings. The Hall–Kier alpha value is -1.71. The normalized spacial score (nSPS) is 10.8. The van der Waals surface area contributed by atoms with E-state index in [1.807, 2.05) is 0 Å². The van der Waals surface area contributed by atoms with Gasteiger partial charge in [0.2, 0.25) is 0 Å². The SMILES string of the molecule is Oc1ccc(NN=Cc2ccc(Cl)cc2Cl)cc1. The summed E-state index contributed by atoms with van der Waals surface area (Å²) in [4.78, 5) is 0. The lowest BCUT2D eigenvalue weighted by molar-refractivity contribution is 0.475. The van der Waals surface area contributed by atoms with E-state index in [0.717, 1.165) is 11.3 Å². The van der Waals surface area contributed by atoms with Crippen LogP contribution in [0.2, 0.25) is 10.0 Å². The highest BCUT2D eigenvalue weighted by molar-refractivity contribution is 6.36. The summed E-state index contributed by atoms with van der Waals surface area (Å²) >= 11 is 11.8. The number of aromatic hydroxyl groups is 1. The number of rotatable bonds is 3. The van der Waals surface area contributed by atoms with Gasteiger partial charge in [-0.1, -0.05) is 29.3 Å². The average Bonchev–Trinajstić information content (AvgIpc) is 2.34. The third-order valence-electron chi connectivity index (χ3n) is 2.23. The van der Waals surface area contributed by atoms with Gasteiger partial charge in [-0.25, -0.2) is 0 Å². The highest BCUT2D eigenvalue weighted by atomic mass is 35.5. The molecule has 0 saturated heterocycles. The van der Waals surface area contributed by atoms with Gasteiger partial charge in [0, 0.05) is 10.6 Å². The maximum atomic E-state index is 9.13. The number of phenolic OH excluding ortho intramolecular Hbond substituents is 1. The van der Waals surface area contributed by atoms with Crippen LogP contribution in [0.3, 0.4) is 0 Å². The number of hydrogen-bond donors (Lipinski definition) is 2. The molecule has 0 fully saturated rings. The molecule has 2 N–H and O–H groups in total. The molecule has 92 valence electrons. The van der Waals surface area contributed by atoms with E-state index in [9.17, 15) is 0 Å². The van der Waals surface area contributed by atoms with E-state index in [1.54, 1.807) is 48.7 Å². The number of hydrazone groups is 1. The van der Waals surface area contributed by atoms with Gasteiger partial charge in [0.25, 0.3) is 0 Å². The van der Waals surface area contributed by atoms with Crippen LogP contribution in [0, 0.1) is 0 Å². The highest BCUT2D eigenvalue weighted by Gasteiger charge is 1.97. The van der Waals surface area contributed by atoms with Gasteiger partial charge >= 0.3 is 0 Å². The molecule has 0 amide bonds. The summed E-state index contributed by atoms with van der Waals surface area (Å²) in [5.74, 6) is 0.213. The van der Waals surface area contributed by atoms with Crippen LogP contribution in [0.1, 0.15) is 5.56 Å². The summed E-state index contributed by atoms with van der Waals surface area (Å²) < 4.78 is 0. The molecule has 0 aromatic heterocycles. The Morgan fingerprint density at radius 2 is 1.78 bits per heavy atom. The minimum Gasteiger partial charge on any atom is -0.508 e. The molecule has 0 aliphatic carbocycles. The van der Waals surface area contributed by atoms with Crippen molar-refractivity contribution in [1.82, 2.24) is 0 Å². The molecule has 0 unspecified atom stereocenters. The fourth-order valence-electron chi connectivity index (χ4n) is 1.32. The van der Waals surface area contributed by atoms with E-state index in [4.69, 9.17) is 28.3 Å². The highest BCUT2D eigenvalue weighted by Crippen LogP contribution is 2.19. The molecular weight excluding hydrogens is 271 g/mol. The van der Waals surface area contributed by atoms with Gasteiger partial charge in [-0.15, -0.1) is 0 Å². The lowest BCUT2D eigenvalue weighted by atomic mass is 10.2. The predicted molar refractivity (Wildman–Crippen MR) is 75.8 cm³/mol. The molecule has 0 atom stereocenters. The smallest absolute Gasteiger partial charge is 0.115 e. The molecule has 0 bridgehead atoms. The van der Waals surface area contributed by atoms with Gasteiger partial charge < -0.3 is 5.11 Å². The van der Waals surface area contributed by atoms with E-state index < -0.39 is 0 Å². The number of halogens is 2. The topological polar surface area (TPSA) is 44.6 Å². The monoisotopic (exact) mass is 280 g/mol. The van der Waals surface area contributed by atoms with Crippen molar-refractivity contribution in [1.29, 1.82) is 0 Å². The van der Waals surface area contributed by atoms with Crippen molar-refractivity contribution in [2.75, 3.05) is 5.43 Å². The Labute approximate surface area is 115 Å².